The molecule has 0 saturated heterocycles. The van der Waals surface area contributed by atoms with Crippen molar-refractivity contribution in [1.29, 1.82) is 0 Å². The van der Waals surface area contributed by atoms with Crippen molar-refractivity contribution in [3.8, 4) is 0 Å². The number of amides is 1. The molecule has 0 fully saturated rings. The number of ether oxygens (including phenoxy) is 1. The number of hydrogen-bond acceptors (Lipinski definition) is 4. The first-order valence-electron chi connectivity index (χ1n) is 6.38. The van der Waals surface area contributed by atoms with Gasteiger partial charge in [0.1, 0.15) is 0 Å². The molecular formula is C14H24N2O3. The minimum absolute atomic E-state index is 0.00819. The fourth-order valence-corrected chi connectivity index (χ4v) is 1.52. The zero-order chi connectivity index (χ0) is 14.7. The van der Waals surface area contributed by atoms with E-state index in [0.717, 1.165) is 0 Å². The zero-order valence-electron chi connectivity index (χ0n) is 11.9. The summed E-state index contributed by atoms with van der Waals surface area (Å²) in [6.45, 7) is 11.2. The fraction of sp³-hybridized carbons (Fsp3) is 0.571. The van der Waals surface area contributed by atoms with Crippen LogP contribution < -0.4 is 0 Å². The van der Waals surface area contributed by atoms with Crippen LogP contribution in [0.2, 0.25) is 0 Å². The van der Waals surface area contributed by atoms with Gasteiger partial charge < -0.3 is 9.64 Å². The lowest BCUT2D eigenvalue weighted by atomic mass is 10.3. The normalized spacial score (nSPS) is 10.1. The summed E-state index contributed by atoms with van der Waals surface area (Å²) < 4.78 is 4.83. The topological polar surface area (TPSA) is 49.9 Å². The fourth-order valence-electron chi connectivity index (χ4n) is 1.52. The average Bonchev–Trinajstić information content (AvgIpc) is 2.36. The number of hydrogen-bond donors (Lipinski definition) is 0. The number of rotatable bonds is 10. The van der Waals surface area contributed by atoms with Gasteiger partial charge in [0.2, 0.25) is 5.91 Å². The highest BCUT2D eigenvalue weighted by Gasteiger charge is 2.14. The van der Waals surface area contributed by atoms with Gasteiger partial charge in [-0.15, -0.1) is 13.2 Å². The van der Waals surface area contributed by atoms with Crippen molar-refractivity contribution >= 4 is 11.9 Å². The molecule has 0 saturated carbocycles. The predicted octanol–water partition coefficient (Wildman–Crippen LogP) is 1.07. The van der Waals surface area contributed by atoms with Crippen LogP contribution in [0.15, 0.2) is 25.3 Å². The Hall–Kier alpha value is -1.62. The third-order valence-electron chi connectivity index (χ3n) is 2.46. The Morgan fingerprint density at radius 1 is 1.21 bits per heavy atom. The van der Waals surface area contributed by atoms with Gasteiger partial charge in [-0.1, -0.05) is 12.2 Å². The molecule has 0 radical (unpaired) electrons. The molecule has 5 heteroatoms. The molecule has 108 valence electrons. The van der Waals surface area contributed by atoms with E-state index in [2.05, 4.69) is 13.2 Å². The van der Waals surface area contributed by atoms with Crippen LogP contribution in [-0.4, -0.2) is 61.5 Å². The average molecular weight is 268 g/mol. The monoisotopic (exact) mass is 268 g/mol. The van der Waals surface area contributed by atoms with E-state index >= 15 is 0 Å². The standard InChI is InChI=1S/C14H24N2O3/c1-5-9-16(10-6-2)13(17)12-15(4)11-8-14(18)19-7-3/h5-6H,1-2,7-12H2,3-4H3. The Morgan fingerprint density at radius 2 is 1.79 bits per heavy atom. The van der Waals surface area contributed by atoms with E-state index in [1.54, 1.807) is 35.9 Å². The van der Waals surface area contributed by atoms with Crippen molar-refractivity contribution in [1.82, 2.24) is 9.80 Å². The molecule has 0 N–H and O–H groups in total. The Labute approximate surface area is 115 Å². The van der Waals surface area contributed by atoms with Crippen LogP contribution in [0.5, 0.6) is 0 Å². The van der Waals surface area contributed by atoms with Crippen molar-refractivity contribution in [2.45, 2.75) is 13.3 Å². The second-order valence-corrected chi connectivity index (χ2v) is 4.17. The Morgan fingerprint density at radius 3 is 2.26 bits per heavy atom. The molecule has 0 aliphatic carbocycles. The van der Waals surface area contributed by atoms with Crippen LogP contribution in [0, 0.1) is 0 Å². The molecule has 0 aromatic rings. The summed E-state index contributed by atoms with van der Waals surface area (Å²) in [5.74, 6) is -0.248. The van der Waals surface area contributed by atoms with E-state index in [-0.39, 0.29) is 18.4 Å². The van der Waals surface area contributed by atoms with Crippen molar-refractivity contribution in [2.24, 2.45) is 0 Å². The van der Waals surface area contributed by atoms with E-state index in [1.165, 1.54) is 0 Å². The molecule has 0 spiro atoms. The predicted molar refractivity (Wildman–Crippen MR) is 75.7 cm³/mol. The van der Waals surface area contributed by atoms with Crippen LogP contribution in [-0.2, 0) is 14.3 Å². The first-order valence-corrected chi connectivity index (χ1v) is 6.38. The number of carbonyl (C=O) groups is 2. The first-order chi connectivity index (χ1) is 9.04. The molecule has 0 rings (SSSR count). The molecule has 0 unspecified atom stereocenters. The Bertz CT molecular complexity index is 306. The third kappa shape index (κ3) is 8.15. The molecule has 0 aliphatic rings. The summed E-state index contributed by atoms with van der Waals surface area (Å²) >= 11 is 0. The Balaban J connectivity index is 4.11. The quantitative estimate of drug-likeness (QED) is 0.439. The minimum Gasteiger partial charge on any atom is -0.466 e. The van der Waals surface area contributed by atoms with Crippen LogP contribution >= 0.6 is 0 Å². The van der Waals surface area contributed by atoms with Crippen LogP contribution in [0.25, 0.3) is 0 Å². The van der Waals surface area contributed by atoms with Crippen molar-refractivity contribution in [3.05, 3.63) is 25.3 Å². The van der Waals surface area contributed by atoms with Gasteiger partial charge in [-0.05, 0) is 14.0 Å². The van der Waals surface area contributed by atoms with Crippen molar-refractivity contribution in [3.63, 3.8) is 0 Å². The second-order valence-electron chi connectivity index (χ2n) is 4.17. The highest BCUT2D eigenvalue weighted by atomic mass is 16.5. The molecule has 0 aromatic heterocycles. The highest BCUT2D eigenvalue weighted by Crippen LogP contribution is 1.96. The summed E-state index contributed by atoms with van der Waals surface area (Å²) in [4.78, 5) is 26.6. The van der Waals surface area contributed by atoms with Crippen LogP contribution in [0.4, 0.5) is 0 Å². The van der Waals surface area contributed by atoms with Gasteiger partial charge >= 0.3 is 5.97 Å². The summed E-state index contributed by atoms with van der Waals surface area (Å²) in [7, 11) is 1.80. The lowest BCUT2D eigenvalue weighted by Crippen LogP contribution is -2.39. The summed E-state index contributed by atoms with van der Waals surface area (Å²) in [6.07, 6.45) is 3.65. The lowest BCUT2D eigenvalue weighted by Gasteiger charge is -2.23. The second kappa shape index (κ2) is 10.3. The first kappa shape index (κ1) is 17.4. The van der Waals surface area contributed by atoms with Crippen molar-refractivity contribution in [2.75, 3.05) is 39.8 Å². The van der Waals surface area contributed by atoms with Gasteiger partial charge in [-0.2, -0.15) is 0 Å². The van der Waals surface area contributed by atoms with E-state index in [4.69, 9.17) is 4.74 Å². The lowest BCUT2D eigenvalue weighted by molar-refractivity contribution is -0.144. The molecular weight excluding hydrogens is 244 g/mol. The number of carbonyl (C=O) groups excluding carboxylic acids is 2. The van der Waals surface area contributed by atoms with Gasteiger partial charge in [-0.25, -0.2) is 0 Å². The summed E-state index contributed by atoms with van der Waals surface area (Å²) in [5.41, 5.74) is 0. The SMILES string of the molecule is C=CCN(CC=C)C(=O)CN(C)CCC(=O)OCC. The highest BCUT2D eigenvalue weighted by molar-refractivity contribution is 5.78. The Kier molecular flexibility index (Phi) is 9.44. The maximum absolute atomic E-state index is 12.0. The maximum atomic E-state index is 12.0. The zero-order valence-corrected chi connectivity index (χ0v) is 11.9. The minimum atomic E-state index is -0.240. The molecule has 0 atom stereocenters. The molecule has 19 heavy (non-hydrogen) atoms. The maximum Gasteiger partial charge on any atom is 0.307 e. The largest absolute Gasteiger partial charge is 0.466 e. The number of nitrogens with zero attached hydrogens (tertiary/aromatic N) is 2. The molecule has 0 bridgehead atoms. The molecule has 5 nitrogen and oxygen atoms in total. The van der Waals surface area contributed by atoms with Crippen LogP contribution in [0.3, 0.4) is 0 Å². The summed E-state index contributed by atoms with van der Waals surface area (Å²) in [6, 6.07) is 0. The van der Waals surface area contributed by atoms with Gasteiger partial charge in [0.05, 0.1) is 19.6 Å². The number of esters is 1. The molecule has 0 aromatic carbocycles. The molecule has 0 heterocycles. The number of likely N-dealkylation sites (N-methyl/N-ethyl adjacent to an activating group) is 1. The van der Waals surface area contributed by atoms with E-state index in [1.807, 2.05) is 0 Å². The van der Waals surface area contributed by atoms with E-state index in [9.17, 15) is 9.59 Å². The van der Waals surface area contributed by atoms with Crippen LogP contribution in [0.1, 0.15) is 13.3 Å². The van der Waals surface area contributed by atoms with Crippen molar-refractivity contribution < 1.29 is 14.3 Å². The molecule has 1 amide bonds. The summed E-state index contributed by atoms with van der Waals surface area (Å²) in [5, 5.41) is 0. The van der Waals surface area contributed by atoms with E-state index < -0.39 is 0 Å². The third-order valence-corrected chi connectivity index (χ3v) is 2.46. The smallest absolute Gasteiger partial charge is 0.307 e. The van der Waals surface area contributed by atoms with Gasteiger partial charge in [0, 0.05) is 19.6 Å². The molecule has 0 aliphatic heterocycles. The van der Waals surface area contributed by atoms with E-state index in [0.29, 0.717) is 32.7 Å². The van der Waals surface area contributed by atoms with Gasteiger partial charge in [0.25, 0.3) is 0 Å². The van der Waals surface area contributed by atoms with Gasteiger partial charge in [0.15, 0.2) is 0 Å². The van der Waals surface area contributed by atoms with Gasteiger partial charge in [-0.3, -0.25) is 14.5 Å².